The minimum absolute atomic E-state index is 0.0469. The lowest BCUT2D eigenvalue weighted by atomic mass is 9.78. The van der Waals surface area contributed by atoms with E-state index in [1.54, 1.807) is 7.11 Å². The van der Waals surface area contributed by atoms with Crippen molar-refractivity contribution in [3.8, 4) is 22.6 Å². The van der Waals surface area contributed by atoms with Crippen molar-refractivity contribution in [2.24, 2.45) is 17.3 Å². The fourth-order valence-electron chi connectivity index (χ4n) is 8.54. The Bertz CT molecular complexity index is 2270. The van der Waals surface area contributed by atoms with Crippen LogP contribution < -0.4 is 14.4 Å². The number of ether oxygens (including phenoxy) is 2. The average Bonchev–Trinajstić information content (AvgIpc) is 3.23. The summed E-state index contributed by atoms with van der Waals surface area (Å²) in [6.45, 7) is 28.1. The number of allylic oxidation sites excluding steroid dienone is 1. The fraction of sp³-hybridized carbons (Fsp3) is 0.433. The SMILES string of the molecule is CCCCCC(C)(C)c1ccc(N(c2ccc(-c3ccc(C)cc3)cc2)c2ccc(C=Cc3cc(OCCC(C)CCCC(C)C)c(C=CC(C)(C)C)cc3OC)c(C)c2)cc1C. The van der Waals surface area contributed by atoms with Crippen LogP contribution in [0.5, 0.6) is 11.5 Å². The van der Waals surface area contributed by atoms with Crippen molar-refractivity contribution in [2.45, 2.75) is 140 Å². The molecular formula is C60H79NO2. The molecule has 1 unspecified atom stereocenters. The normalized spacial score (nSPS) is 12.7. The van der Waals surface area contributed by atoms with Crippen LogP contribution in [0, 0.1) is 38.0 Å². The molecule has 0 heterocycles. The lowest BCUT2D eigenvalue weighted by Crippen LogP contribution is -2.19. The van der Waals surface area contributed by atoms with E-state index in [9.17, 15) is 0 Å². The maximum absolute atomic E-state index is 6.59. The number of methoxy groups -OCH3 is 1. The summed E-state index contributed by atoms with van der Waals surface area (Å²) in [6, 6.07) is 36.0. The molecule has 5 rings (SSSR count). The molecule has 0 bridgehead atoms. The van der Waals surface area contributed by atoms with Crippen LogP contribution in [-0.4, -0.2) is 13.7 Å². The number of benzene rings is 5. The van der Waals surface area contributed by atoms with Crippen molar-refractivity contribution in [1.29, 1.82) is 0 Å². The maximum Gasteiger partial charge on any atom is 0.127 e. The van der Waals surface area contributed by atoms with E-state index >= 15 is 0 Å². The van der Waals surface area contributed by atoms with Crippen LogP contribution in [-0.2, 0) is 5.41 Å². The summed E-state index contributed by atoms with van der Waals surface area (Å²) in [6.07, 6.45) is 18.6. The highest BCUT2D eigenvalue weighted by Gasteiger charge is 2.24. The van der Waals surface area contributed by atoms with Gasteiger partial charge in [-0.2, -0.15) is 0 Å². The van der Waals surface area contributed by atoms with Gasteiger partial charge in [-0.25, -0.2) is 0 Å². The first-order valence-electron chi connectivity index (χ1n) is 23.9. The Morgan fingerprint density at radius 3 is 1.78 bits per heavy atom. The van der Waals surface area contributed by atoms with E-state index in [1.165, 1.54) is 78.3 Å². The van der Waals surface area contributed by atoms with E-state index in [1.807, 2.05) is 0 Å². The van der Waals surface area contributed by atoms with Gasteiger partial charge in [-0.15, -0.1) is 0 Å². The van der Waals surface area contributed by atoms with E-state index in [0.29, 0.717) is 12.5 Å². The molecule has 0 saturated heterocycles. The van der Waals surface area contributed by atoms with Gasteiger partial charge in [0.1, 0.15) is 11.5 Å². The zero-order valence-electron chi connectivity index (χ0n) is 41.3. The van der Waals surface area contributed by atoms with Crippen LogP contribution in [0.15, 0.2) is 103 Å². The number of aryl methyl sites for hydroxylation is 3. The summed E-state index contributed by atoms with van der Waals surface area (Å²) in [5.41, 5.74) is 14.5. The second-order valence-electron chi connectivity index (χ2n) is 20.4. The summed E-state index contributed by atoms with van der Waals surface area (Å²) in [7, 11) is 1.76. The van der Waals surface area contributed by atoms with Crippen LogP contribution in [0.25, 0.3) is 29.4 Å². The number of anilines is 3. The summed E-state index contributed by atoms with van der Waals surface area (Å²) in [5.74, 6) is 3.11. The lowest BCUT2D eigenvalue weighted by Gasteiger charge is -2.30. The Balaban J connectivity index is 1.48. The summed E-state index contributed by atoms with van der Waals surface area (Å²) in [5, 5.41) is 0. The smallest absolute Gasteiger partial charge is 0.127 e. The highest BCUT2D eigenvalue weighted by molar-refractivity contribution is 5.82. The van der Waals surface area contributed by atoms with Crippen LogP contribution in [0.4, 0.5) is 17.1 Å². The molecular weight excluding hydrogens is 767 g/mol. The van der Waals surface area contributed by atoms with Gasteiger partial charge in [0, 0.05) is 28.2 Å². The van der Waals surface area contributed by atoms with Crippen LogP contribution in [0.1, 0.15) is 153 Å². The molecule has 3 heteroatoms. The molecule has 0 N–H and O–H groups in total. The largest absolute Gasteiger partial charge is 0.496 e. The second kappa shape index (κ2) is 22.6. The van der Waals surface area contributed by atoms with Crippen molar-refractivity contribution >= 4 is 35.3 Å². The molecule has 0 aromatic heterocycles. The molecule has 0 radical (unpaired) electrons. The van der Waals surface area contributed by atoms with Crippen molar-refractivity contribution in [3.05, 3.63) is 142 Å². The third-order valence-corrected chi connectivity index (χ3v) is 12.5. The van der Waals surface area contributed by atoms with Gasteiger partial charge in [0.15, 0.2) is 0 Å². The lowest BCUT2D eigenvalue weighted by molar-refractivity contribution is 0.275. The van der Waals surface area contributed by atoms with Gasteiger partial charge in [0.25, 0.3) is 0 Å². The Hall–Kier alpha value is -5.02. The van der Waals surface area contributed by atoms with Gasteiger partial charge < -0.3 is 14.4 Å². The first kappa shape index (κ1) is 49.0. The van der Waals surface area contributed by atoms with E-state index < -0.39 is 0 Å². The van der Waals surface area contributed by atoms with Gasteiger partial charge in [0.2, 0.25) is 0 Å². The Labute approximate surface area is 383 Å². The highest BCUT2D eigenvalue weighted by atomic mass is 16.5. The molecule has 336 valence electrons. The Morgan fingerprint density at radius 2 is 1.17 bits per heavy atom. The van der Waals surface area contributed by atoms with Crippen molar-refractivity contribution in [2.75, 3.05) is 18.6 Å². The Kier molecular flexibility index (Phi) is 17.5. The zero-order chi connectivity index (χ0) is 45.7. The van der Waals surface area contributed by atoms with Crippen molar-refractivity contribution in [3.63, 3.8) is 0 Å². The molecule has 0 fully saturated rings. The molecule has 0 aliphatic rings. The second-order valence-corrected chi connectivity index (χ2v) is 20.4. The monoisotopic (exact) mass is 846 g/mol. The number of hydrogen-bond acceptors (Lipinski definition) is 3. The molecule has 0 aliphatic carbocycles. The maximum atomic E-state index is 6.59. The highest BCUT2D eigenvalue weighted by Crippen LogP contribution is 2.40. The minimum atomic E-state index is 0.0469. The molecule has 5 aromatic carbocycles. The number of unbranched alkanes of at least 4 members (excludes halogenated alkanes) is 2. The molecule has 3 nitrogen and oxygen atoms in total. The van der Waals surface area contributed by atoms with E-state index in [0.717, 1.165) is 57.6 Å². The molecule has 63 heavy (non-hydrogen) atoms. The fourth-order valence-corrected chi connectivity index (χ4v) is 8.54. The summed E-state index contributed by atoms with van der Waals surface area (Å²) >= 11 is 0. The van der Waals surface area contributed by atoms with Crippen molar-refractivity contribution < 1.29 is 9.47 Å². The first-order valence-corrected chi connectivity index (χ1v) is 23.9. The predicted molar refractivity (Wildman–Crippen MR) is 276 cm³/mol. The molecule has 0 spiro atoms. The molecule has 0 aliphatic heterocycles. The van der Waals surface area contributed by atoms with Crippen LogP contribution >= 0.6 is 0 Å². The molecule has 0 amide bonds. The van der Waals surface area contributed by atoms with E-state index in [4.69, 9.17) is 9.47 Å². The standard InChI is InChI=1S/C60H79NO2/c1-14-15-16-36-60(11,12)56-33-32-55(40-47(56)7)61(53-29-27-50(28-30-53)49-22-20-45(5)21-23-49)54-31-26-48(46(6)39-54)24-25-51-42-58(63-38-35-44(4)19-17-18-43(2)3)52(41-57(51)62-13)34-37-59(8,9)10/h20-34,37,39-44H,14-19,35-36,38H2,1-13H3. The van der Waals surface area contributed by atoms with Gasteiger partial charge in [-0.05, 0) is 138 Å². The van der Waals surface area contributed by atoms with E-state index in [-0.39, 0.29) is 10.8 Å². The molecule has 5 aromatic rings. The predicted octanol–water partition coefficient (Wildman–Crippen LogP) is 18.1. The third-order valence-electron chi connectivity index (χ3n) is 12.5. The topological polar surface area (TPSA) is 21.7 Å². The van der Waals surface area contributed by atoms with Crippen LogP contribution in [0.2, 0.25) is 0 Å². The van der Waals surface area contributed by atoms with Crippen LogP contribution in [0.3, 0.4) is 0 Å². The molecule has 0 saturated carbocycles. The van der Waals surface area contributed by atoms with Gasteiger partial charge in [-0.3, -0.25) is 0 Å². The van der Waals surface area contributed by atoms with E-state index in [2.05, 4.69) is 209 Å². The first-order chi connectivity index (χ1) is 30.0. The third kappa shape index (κ3) is 14.2. The quantitative estimate of drug-likeness (QED) is 0.0542. The Morgan fingerprint density at radius 1 is 0.587 bits per heavy atom. The van der Waals surface area contributed by atoms with Gasteiger partial charge in [-0.1, -0.05) is 179 Å². The van der Waals surface area contributed by atoms with Crippen molar-refractivity contribution in [1.82, 2.24) is 0 Å². The number of rotatable bonds is 21. The number of hydrogen-bond donors (Lipinski definition) is 0. The summed E-state index contributed by atoms with van der Waals surface area (Å²) in [4.78, 5) is 2.40. The minimum Gasteiger partial charge on any atom is -0.496 e. The number of nitrogens with zero attached hydrogens (tertiary/aromatic N) is 1. The van der Waals surface area contributed by atoms with Gasteiger partial charge >= 0.3 is 0 Å². The molecule has 1 atom stereocenters. The average molecular weight is 846 g/mol. The zero-order valence-corrected chi connectivity index (χ0v) is 41.3. The van der Waals surface area contributed by atoms with Gasteiger partial charge in [0.05, 0.1) is 13.7 Å². The summed E-state index contributed by atoms with van der Waals surface area (Å²) < 4.78 is 12.6.